The van der Waals surface area contributed by atoms with Crippen LogP contribution in [-0.2, 0) is 6.54 Å². The Labute approximate surface area is 146 Å². The largest absolute Gasteiger partial charge is 0.490 e. The Kier molecular flexibility index (Phi) is 6.76. The molecular weight excluding hydrogens is 322 g/mol. The van der Waals surface area contributed by atoms with E-state index in [1.54, 1.807) is 13.0 Å². The maximum atomic E-state index is 11.3. The highest BCUT2D eigenvalue weighted by atomic mass is 16.6. The Bertz CT molecular complexity index is 733. The predicted octanol–water partition coefficient (Wildman–Crippen LogP) is 3.52. The predicted molar refractivity (Wildman–Crippen MR) is 96.3 cm³/mol. The van der Waals surface area contributed by atoms with Crippen molar-refractivity contribution in [2.24, 2.45) is 5.10 Å². The van der Waals surface area contributed by atoms with Crippen molar-refractivity contribution in [3.63, 3.8) is 0 Å². The molecule has 0 saturated heterocycles. The molecule has 7 heteroatoms. The van der Waals surface area contributed by atoms with Gasteiger partial charge in [0.15, 0.2) is 5.75 Å². The number of nitrogens with zero attached hydrogens (tertiary/aromatic N) is 2. The first kappa shape index (κ1) is 18.3. The fraction of sp³-hybridized carbons (Fsp3) is 0.278. The Balaban J connectivity index is 2.19. The molecule has 0 aliphatic rings. The number of rotatable bonds is 9. The summed E-state index contributed by atoms with van der Waals surface area (Å²) in [7, 11) is 0. The van der Waals surface area contributed by atoms with Gasteiger partial charge in [0.2, 0.25) is 5.75 Å². The summed E-state index contributed by atoms with van der Waals surface area (Å²) in [5, 5.41) is 15.5. The number of hydrogen-bond acceptors (Lipinski definition) is 6. The zero-order valence-corrected chi connectivity index (χ0v) is 14.3. The number of benzene rings is 2. The van der Waals surface area contributed by atoms with E-state index in [1.807, 2.05) is 37.3 Å². The van der Waals surface area contributed by atoms with Crippen LogP contribution in [0.2, 0.25) is 0 Å². The van der Waals surface area contributed by atoms with E-state index in [2.05, 4.69) is 10.5 Å². The first-order valence-corrected chi connectivity index (χ1v) is 8.03. The summed E-state index contributed by atoms with van der Waals surface area (Å²) in [6.45, 7) is 4.83. The van der Waals surface area contributed by atoms with E-state index in [4.69, 9.17) is 9.47 Å². The molecule has 0 aliphatic heterocycles. The number of nitro groups is 1. The molecule has 0 spiro atoms. The highest BCUT2D eigenvalue weighted by Gasteiger charge is 2.22. The van der Waals surface area contributed by atoms with E-state index in [0.717, 1.165) is 5.56 Å². The summed E-state index contributed by atoms with van der Waals surface area (Å²) in [5.41, 5.74) is 4.42. The van der Waals surface area contributed by atoms with Gasteiger partial charge in [0, 0.05) is 11.6 Å². The molecule has 0 atom stereocenters. The molecule has 0 unspecified atom stereocenters. The van der Waals surface area contributed by atoms with Crippen LogP contribution in [0.3, 0.4) is 0 Å². The third-order valence-corrected chi connectivity index (χ3v) is 3.27. The second-order valence-corrected chi connectivity index (χ2v) is 5.07. The minimum atomic E-state index is -0.484. The standard InChI is InChI=1S/C18H21N3O4/c1-3-24-17-11-15(10-16(21(22)23)18(17)25-4-2)13-20-19-12-14-8-6-5-7-9-14/h5-11,13,19H,3-4,12H2,1-2H3. The summed E-state index contributed by atoms with van der Waals surface area (Å²) < 4.78 is 10.9. The molecule has 0 heterocycles. The normalized spacial score (nSPS) is 10.6. The van der Waals surface area contributed by atoms with Crippen molar-refractivity contribution in [3.05, 3.63) is 63.7 Å². The van der Waals surface area contributed by atoms with Gasteiger partial charge in [-0.05, 0) is 25.5 Å². The third-order valence-electron chi connectivity index (χ3n) is 3.27. The molecule has 0 radical (unpaired) electrons. The van der Waals surface area contributed by atoms with E-state index in [1.165, 1.54) is 12.3 Å². The molecule has 0 amide bonds. The lowest BCUT2D eigenvalue weighted by Gasteiger charge is -2.11. The zero-order chi connectivity index (χ0) is 18.1. The SMILES string of the molecule is CCOc1cc(C=NNCc2ccccc2)cc([N+](=O)[O-])c1OCC. The highest BCUT2D eigenvalue weighted by Crippen LogP contribution is 2.38. The zero-order valence-electron chi connectivity index (χ0n) is 14.3. The quantitative estimate of drug-likeness (QED) is 0.428. The number of nitrogens with one attached hydrogen (secondary N) is 1. The van der Waals surface area contributed by atoms with Crippen molar-refractivity contribution in [2.45, 2.75) is 20.4 Å². The summed E-state index contributed by atoms with van der Waals surface area (Å²) in [6, 6.07) is 12.9. The minimum absolute atomic E-state index is 0.141. The van der Waals surface area contributed by atoms with Gasteiger partial charge in [-0.1, -0.05) is 30.3 Å². The minimum Gasteiger partial charge on any atom is -0.490 e. The van der Waals surface area contributed by atoms with Gasteiger partial charge in [-0.15, -0.1) is 0 Å². The molecule has 0 bridgehead atoms. The molecule has 2 rings (SSSR count). The van der Waals surface area contributed by atoms with Crippen LogP contribution in [0.5, 0.6) is 11.5 Å². The fourth-order valence-electron chi connectivity index (χ4n) is 2.22. The number of nitro benzene ring substituents is 1. The molecule has 0 fully saturated rings. The van der Waals surface area contributed by atoms with E-state index in [9.17, 15) is 10.1 Å². The monoisotopic (exact) mass is 343 g/mol. The molecule has 25 heavy (non-hydrogen) atoms. The molecule has 7 nitrogen and oxygen atoms in total. The lowest BCUT2D eigenvalue weighted by atomic mass is 10.2. The smallest absolute Gasteiger partial charge is 0.315 e. The second kappa shape index (κ2) is 9.27. The van der Waals surface area contributed by atoms with E-state index >= 15 is 0 Å². The Hall–Kier alpha value is -3.09. The number of ether oxygens (including phenoxy) is 2. The molecule has 0 aliphatic carbocycles. The Morgan fingerprint density at radius 1 is 1.16 bits per heavy atom. The van der Waals surface area contributed by atoms with Crippen LogP contribution in [-0.4, -0.2) is 24.4 Å². The first-order chi connectivity index (χ1) is 12.2. The average molecular weight is 343 g/mol. The maximum absolute atomic E-state index is 11.3. The van der Waals surface area contributed by atoms with Gasteiger partial charge in [0.25, 0.3) is 0 Å². The molecule has 1 N–H and O–H groups in total. The summed E-state index contributed by atoms with van der Waals surface area (Å²) in [6.07, 6.45) is 1.52. The Morgan fingerprint density at radius 2 is 1.88 bits per heavy atom. The summed E-state index contributed by atoms with van der Waals surface area (Å²) >= 11 is 0. The van der Waals surface area contributed by atoms with Gasteiger partial charge in [0.05, 0.1) is 30.9 Å². The molecule has 0 aromatic heterocycles. The number of hydrazone groups is 1. The van der Waals surface area contributed by atoms with Gasteiger partial charge in [-0.3, -0.25) is 10.1 Å². The van der Waals surface area contributed by atoms with Crippen molar-refractivity contribution in [2.75, 3.05) is 13.2 Å². The van der Waals surface area contributed by atoms with Gasteiger partial charge in [-0.25, -0.2) is 0 Å². The van der Waals surface area contributed by atoms with Crippen molar-refractivity contribution >= 4 is 11.9 Å². The van der Waals surface area contributed by atoms with Crippen molar-refractivity contribution in [1.82, 2.24) is 5.43 Å². The van der Waals surface area contributed by atoms with Crippen molar-refractivity contribution < 1.29 is 14.4 Å². The molecular formula is C18H21N3O4. The molecule has 132 valence electrons. The van der Waals surface area contributed by atoms with Crippen LogP contribution < -0.4 is 14.9 Å². The third kappa shape index (κ3) is 5.20. The lowest BCUT2D eigenvalue weighted by Crippen LogP contribution is -2.06. The van der Waals surface area contributed by atoms with E-state index < -0.39 is 4.92 Å². The van der Waals surface area contributed by atoms with Gasteiger partial charge < -0.3 is 14.9 Å². The van der Waals surface area contributed by atoms with E-state index in [0.29, 0.717) is 31.1 Å². The fourth-order valence-corrected chi connectivity index (χ4v) is 2.22. The summed E-state index contributed by atoms with van der Waals surface area (Å²) in [5.74, 6) is 0.479. The van der Waals surface area contributed by atoms with Crippen molar-refractivity contribution in [1.29, 1.82) is 0 Å². The highest BCUT2D eigenvalue weighted by molar-refractivity contribution is 5.83. The average Bonchev–Trinajstić information content (AvgIpc) is 2.61. The molecule has 0 saturated carbocycles. The van der Waals surface area contributed by atoms with Crippen molar-refractivity contribution in [3.8, 4) is 11.5 Å². The lowest BCUT2D eigenvalue weighted by molar-refractivity contribution is -0.385. The molecule has 2 aromatic carbocycles. The Morgan fingerprint density at radius 3 is 2.52 bits per heavy atom. The van der Waals surface area contributed by atoms with Crippen LogP contribution in [0.15, 0.2) is 47.6 Å². The van der Waals surface area contributed by atoms with Crippen LogP contribution in [0, 0.1) is 10.1 Å². The summed E-state index contributed by atoms with van der Waals surface area (Å²) in [4.78, 5) is 10.8. The van der Waals surface area contributed by atoms with Crippen LogP contribution in [0.1, 0.15) is 25.0 Å². The van der Waals surface area contributed by atoms with E-state index in [-0.39, 0.29) is 11.4 Å². The molecule has 2 aromatic rings. The maximum Gasteiger partial charge on any atom is 0.315 e. The van der Waals surface area contributed by atoms with Gasteiger partial charge in [-0.2, -0.15) is 5.10 Å². The van der Waals surface area contributed by atoms with Gasteiger partial charge in [0.1, 0.15) is 0 Å². The first-order valence-electron chi connectivity index (χ1n) is 8.03. The topological polar surface area (TPSA) is 86.0 Å². The number of hydrogen-bond donors (Lipinski definition) is 1. The second-order valence-electron chi connectivity index (χ2n) is 5.07. The van der Waals surface area contributed by atoms with Crippen LogP contribution >= 0.6 is 0 Å². The van der Waals surface area contributed by atoms with Crippen LogP contribution in [0.4, 0.5) is 5.69 Å². The van der Waals surface area contributed by atoms with Crippen LogP contribution in [0.25, 0.3) is 0 Å². The van der Waals surface area contributed by atoms with Gasteiger partial charge >= 0.3 is 5.69 Å².